The molecule has 1 saturated heterocycles. The first-order valence-corrected chi connectivity index (χ1v) is 11.5. The van der Waals surface area contributed by atoms with Gasteiger partial charge in [0.05, 0.1) is 17.8 Å². The van der Waals surface area contributed by atoms with Crippen molar-refractivity contribution in [1.29, 1.82) is 0 Å². The van der Waals surface area contributed by atoms with Crippen LogP contribution >= 0.6 is 22.9 Å². The van der Waals surface area contributed by atoms with Crippen LogP contribution in [0.25, 0.3) is 11.3 Å². The highest BCUT2D eigenvalue weighted by molar-refractivity contribution is 7.14. The summed E-state index contributed by atoms with van der Waals surface area (Å²) in [6.07, 6.45) is 3.98. The van der Waals surface area contributed by atoms with Crippen molar-refractivity contribution >= 4 is 33.8 Å². The molecule has 4 rings (SSSR count). The lowest BCUT2D eigenvalue weighted by Crippen LogP contribution is -2.33. The van der Waals surface area contributed by atoms with Gasteiger partial charge in [-0.05, 0) is 68.4 Å². The average molecular weight is 444 g/mol. The van der Waals surface area contributed by atoms with E-state index in [0.29, 0.717) is 10.8 Å². The Bertz CT molecular complexity index is 955. The Hall–Kier alpha value is -2.28. The number of anilines is 2. The monoisotopic (exact) mass is 443 g/mol. The molecule has 0 spiro atoms. The van der Waals surface area contributed by atoms with Gasteiger partial charge in [0, 0.05) is 23.2 Å². The third-order valence-electron chi connectivity index (χ3n) is 5.18. The molecule has 0 amide bonds. The molecular weight excluding hydrogens is 418 g/mol. The standard InChI is InChI=1S/C23H26ClN3O2S/c1-28-22-10-7-18(15-20(22)24)25-23-26-21(16-30-23)17-5-8-19(9-6-17)29-14-13-27-11-3-2-4-12-27/h5-10,15-16H,2-4,11-14H2,1H3,(H,25,26). The number of halogens is 1. The number of methoxy groups -OCH3 is 1. The molecule has 1 aliphatic heterocycles. The summed E-state index contributed by atoms with van der Waals surface area (Å²) in [7, 11) is 1.60. The third-order valence-corrected chi connectivity index (χ3v) is 6.24. The highest BCUT2D eigenvalue weighted by Gasteiger charge is 2.10. The van der Waals surface area contributed by atoms with Gasteiger partial charge in [-0.15, -0.1) is 11.3 Å². The highest BCUT2D eigenvalue weighted by Crippen LogP contribution is 2.31. The zero-order valence-electron chi connectivity index (χ0n) is 17.1. The Labute approximate surface area is 186 Å². The second-order valence-electron chi connectivity index (χ2n) is 7.29. The zero-order chi connectivity index (χ0) is 20.8. The van der Waals surface area contributed by atoms with Crippen LogP contribution in [-0.4, -0.2) is 43.2 Å². The topological polar surface area (TPSA) is 46.6 Å². The van der Waals surface area contributed by atoms with E-state index >= 15 is 0 Å². The molecule has 0 saturated carbocycles. The van der Waals surface area contributed by atoms with Crippen molar-refractivity contribution in [3.8, 4) is 22.8 Å². The summed E-state index contributed by atoms with van der Waals surface area (Å²) in [5, 5.41) is 6.71. The Morgan fingerprint density at radius 1 is 1.10 bits per heavy atom. The van der Waals surface area contributed by atoms with E-state index in [2.05, 4.69) is 27.3 Å². The van der Waals surface area contributed by atoms with Crippen LogP contribution < -0.4 is 14.8 Å². The van der Waals surface area contributed by atoms with Crippen LogP contribution in [-0.2, 0) is 0 Å². The summed E-state index contributed by atoms with van der Waals surface area (Å²) in [5.41, 5.74) is 2.87. The number of thiazole rings is 1. The normalized spacial score (nSPS) is 14.5. The van der Waals surface area contributed by atoms with E-state index in [0.717, 1.165) is 41.0 Å². The predicted molar refractivity (Wildman–Crippen MR) is 125 cm³/mol. The molecule has 1 aromatic heterocycles. The van der Waals surface area contributed by atoms with Gasteiger partial charge < -0.3 is 14.8 Å². The van der Waals surface area contributed by atoms with E-state index in [4.69, 9.17) is 21.1 Å². The second-order valence-corrected chi connectivity index (χ2v) is 8.55. The van der Waals surface area contributed by atoms with Gasteiger partial charge in [-0.2, -0.15) is 0 Å². The van der Waals surface area contributed by atoms with Crippen molar-refractivity contribution < 1.29 is 9.47 Å². The molecule has 0 aliphatic carbocycles. The van der Waals surface area contributed by atoms with Crippen LogP contribution in [0.4, 0.5) is 10.8 Å². The largest absolute Gasteiger partial charge is 0.495 e. The molecule has 3 aromatic rings. The first kappa shape index (κ1) is 21.0. The van der Waals surface area contributed by atoms with Crippen LogP contribution in [0.1, 0.15) is 19.3 Å². The minimum atomic E-state index is 0.565. The summed E-state index contributed by atoms with van der Waals surface area (Å²) in [6.45, 7) is 4.13. The minimum Gasteiger partial charge on any atom is -0.495 e. The van der Waals surface area contributed by atoms with Crippen molar-refractivity contribution in [2.24, 2.45) is 0 Å². The van der Waals surface area contributed by atoms with Gasteiger partial charge in [0.25, 0.3) is 0 Å². The van der Waals surface area contributed by atoms with Gasteiger partial charge in [-0.1, -0.05) is 18.0 Å². The summed E-state index contributed by atoms with van der Waals surface area (Å²) in [5.74, 6) is 1.55. The quantitative estimate of drug-likeness (QED) is 0.457. The predicted octanol–water partition coefficient (Wildman–Crippen LogP) is 6.08. The molecule has 0 radical (unpaired) electrons. The lowest BCUT2D eigenvalue weighted by Gasteiger charge is -2.26. The van der Waals surface area contributed by atoms with Crippen LogP contribution in [0, 0.1) is 0 Å². The maximum absolute atomic E-state index is 6.20. The number of hydrogen-bond acceptors (Lipinski definition) is 6. The molecule has 7 heteroatoms. The fraction of sp³-hybridized carbons (Fsp3) is 0.348. The molecular formula is C23H26ClN3O2S. The van der Waals surface area contributed by atoms with Crippen molar-refractivity contribution in [2.45, 2.75) is 19.3 Å². The molecule has 5 nitrogen and oxygen atoms in total. The summed E-state index contributed by atoms with van der Waals surface area (Å²) in [4.78, 5) is 7.17. The van der Waals surface area contributed by atoms with E-state index in [1.54, 1.807) is 18.4 Å². The number of hydrogen-bond donors (Lipinski definition) is 1. The van der Waals surface area contributed by atoms with Crippen molar-refractivity contribution in [3.63, 3.8) is 0 Å². The molecule has 0 unspecified atom stereocenters. The Kier molecular flexibility index (Phi) is 7.10. The smallest absolute Gasteiger partial charge is 0.187 e. The van der Waals surface area contributed by atoms with Crippen LogP contribution in [0.15, 0.2) is 47.8 Å². The maximum Gasteiger partial charge on any atom is 0.187 e. The van der Waals surface area contributed by atoms with E-state index in [1.165, 1.54) is 32.4 Å². The number of aromatic nitrogens is 1. The van der Waals surface area contributed by atoms with Gasteiger partial charge in [-0.25, -0.2) is 4.98 Å². The van der Waals surface area contributed by atoms with Gasteiger partial charge in [0.2, 0.25) is 0 Å². The first-order chi connectivity index (χ1) is 14.7. The lowest BCUT2D eigenvalue weighted by atomic mass is 10.1. The van der Waals surface area contributed by atoms with Crippen molar-refractivity contribution in [3.05, 3.63) is 52.9 Å². The summed E-state index contributed by atoms with van der Waals surface area (Å²) >= 11 is 7.75. The highest BCUT2D eigenvalue weighted by atomic mass is 35.5. The fourth-order valence-electron chi connectivity index (χ4n) is 3.53. The number of rotatable bonds is 8. The van der Waals surface area contributed by atoms with Crippen LogP contribution in [0.3, 0.4) is 0 Å². The number of nitrogens with one attached hydrogen (secondary N) is 1. The molecule has 1 aliphatic rings. The SMILES string of the molecule is COc1ccc(Nc2nc(-c3ccc(OCCN4CCCCC4)cc3)cs2)cc1Cl. The molecule has 1 fully saturated rings. The van der Waals surface area contributed by atoms with Gasteiger partial charge >= 0.3 is 0 Å². The van der Waals surface area contributed by atoms with Crippen molar-refractivity contribution in [2.75, 3.05) is 38.7 Å². The summed E-state index contributed by atoms with van der Waals surface area (Å²) in [6, 6.07) is 13.7. The zero-order valence-corrected chi connectivity index (χ0v) is 18.6. The first-order valence-electron chi connectivity index (χ1n) is 10.2. The molecule has 2 heterocycles. The molecule has 0 bridgehead atoms. The lowest BCUT2D eigenvalue weighted by molar-refractivity contribution is 0.183. The van der Waals surface area contributed by atoms with E-state index in [9.17, 15) is 0 Å². The van der Waals surface area contributed by atoms with E-state index < -0.39 is 0 Å². The third kappa shape index (κ3) is 5.45. The van der Waals surface area contributed by atoms with Crippen LogP contribution in [0.2, 0.25) is 5.02 Å². The van der Waals surface area contributed by atoms with Gasteiger partial charge in [0.15, 0.2) is 5.13 Å². The van der Waals surface area contributed by atoms with Gasteiger partial charge in [-0.3, -0.25) is 4.90 Å². The minimum absolute atomic E-state index is 0.565. The van der Waals surface area contributed by atoms with Crippen LogP contribution in [0.5, 0.6) is 11.5 Å². The molecule has 30 heavy (non-hydrogen) atoms. The summed E-state index contributed by atoms with van der Waals surface area (Å²) < 4.78 is 11.1. The number of piperidine rings is 1. The molecule has 2 aromatic carbocycles. The number of benzene rings is 2. The Morgan fingerprint density at radius 2 is 1.90 bits per heavy atom. The number of ether oxygens (including phenoxy) is 2. The fourth-order valence-corrected chi connectivity index (χ4v) is 4.53. The van der Waals surface area contributed by atoms with Gasteiger partial charge in [0.1, 0.15) is 18.1 Å². The molecule has 158 valence electrons. The van der Waals surface area contributed by atoms with Crippen molar-refractivity contribution in [1.82, 2.24) is 9.88 Å². The van der Waals surface area contributed by atoms with E-state index in [1.807, 2.05) is 35.7 Å². The Morgan fingerprint density at radius 3 is 2.63 bits per heavy atom. The average Bonchev–Trinajstić information content (AvgIpc) is 3.24. The molecule has 0 atom stereocenters. The van der Waals surface area contributed by atoms with E-state index in [-0.39, 0.29) is 0 Å². The number of nitrogens with zero attached hydrogens (tertiary/aromatic N) is 2. The second kappa shape index (κ2) is 10.2. The molecule has 1 N–H and O–H groups in total. The Balaban J connectivity index is 1.32. The maximum atomic E-state index is 6.20. The number of likely N-dealkylation sites (tertiary alicyclic amines) is 1.